The molecular formula is C27H15F15N4O3. The van der Waals surface area contributed by atoms with Gasteiger partial charge >= 0.3 is 0 Å². The Kier molecular flexibility index (Phi) is 12.1. The van der Waals surface area contributed by atoms with Crippen molar-refractivity contribution in [2.75, 3.05) is 39.3 Å². The second-order valence-corrected chi connectivity index (χ2v) is 9.44. The zero-order valence-corrected chi connectivity index (χ0v) is 23.6. The molecule has 0 heterocycles. The molecule has 0 aliphatic heterocycles. The molecule has 22 heteroatoms. The van der Waals surface area contributed by atoms with E-state index in [0.29, 0.717) is 0 Å². The van der Waals surface area contributed by atoms with E-state index in [9.17, 15) is 80.2 Å². The first-order valence-corrected chi connectivity index (χ1v) is 13.0. The van der Waals surface area contributed by atoms with Crippen molar-refractivity contribution in [2.24, 2.45) is 0 Å². The highest BCUT2D eigenvalue weighted by molar-refractivity contribution is 5.96. The average Bonchev–Trinajstić information content (AvgIpc) is 3.06. The summed E-state index contributed by atoms with van der Waals surface area (Å²) in [6.07, 6.45) is 0. The number of carbonyl (C=O) groups is 3. The Bertz CT molecular complexity index is 1550. The molecule has 0 radical (unpaired) electrons. The summed E-state index contributed by atoms with van der Waals surface area (Å²) in [7, 11) is 0. The van der Waals surface area contributed by atoms with Gasteiger partial charge in [0, 0.05) is 39.3 Å². The van der Waals surface area contributed by atoms with Crippen molar-refractivity contribution in [2.45, 2.75) is 0 Å². The van der Waals surface area contributed by atoms with Gasteiger partial charge in [-0.1, -0.05) is 0 Å². The van der Waals surface area contributed by atoms with Crippen molar-refractivity contribution in [3.05, 3.63) is 104 Å². The van der Waals surface area contributed by atoms with Crippen LogP contribution in [0.2, 0.25) is 0 Å². The largest absolute Gasteiger partial charge is 0.351 e. The molecule has 0 aromatic heterocycles. The predicted octanol–water partition coefficient (Wildman–Crippen LogP) is 4.66. The number of nitrogens with one attached hydrogen (secondary N) is 3. The lowest BCUT2D eigenvalue weighted by Crippen LogP contribution is -2.43. The van der Waals surface area contributed by atoms with Crippen molar-refractivity contribution in [1.29, 1.82) is 0 Å². The van der Waals surface area contributed by atoms with E-state index in [1.807, 2.05) is 0 Å². The van der Waals surface area contributed by atoms with Crippen LogP contribution in [0.3, 0.4) is 0 Å². The second-order valence-electron chi connectivity index (χ2n) is 9.44. The molecule has 0 bridgehead atoms. The number of halogens is 15. The molecule has 3 aromatic carbocycles. The van der Waals surface area contributed by atoms with E-state index in [1.165, 1.54) is 0 Å². The molecule has 3 aromatic rings. The molecule has 266 valence electrons. The van der Waals surface area contributed by atoms with Gasteiger partial charge in [-0.2, -0.15) is 0 Å². The van der Waals surface area contributed by atoms with Crippen molar-refractivity contribution in [3.8, 4) is 0 Å². The normalized spacial score (nSPS) is 11.3. The summed E-state index contributed by atoms with van der Waals surface area (Å²) >= 11 is 0. The van der Waals surface area contributed by atoms with Crippen LogP contribution in [-0.2, 0) is 0 Å². The van der Waals surface area contributed by atoms with E-state index < -0.39 is 161 Å². The van der Waals surface area contributed by atoms with Crippen LogP contribution in [-0.4, -0.2) is 61.9 Å². The number of hydrogen-bond donors (Lipinski definition) is 3. The van der Waals surface area contributed by atoms with Crippen LogP contribution in [0, 0.1) is 87.3 Å². The SMILES string of the molecule is O=C(NCCN(CCNC(=O)c1c(F)c(F)c(F)c(F)c1F)CCNC(=O)c1c(F)c(F)c(F)c(F)c1F)c1c(F)c(F)c(F)c(F)c1F. The third kappa shape index (κ3) is 7.67. The fourth-order valence-electron chi connectivity index (χ4n) is 4.00. The highest BCUT2D eigenvalue weighted by atomic mass is 19.2. The number of benzene rings is 3. The fourth-order valence-corrected chi connectivity index (χ4v) is 4.00. The molecule has 0 atom stereocenters. The molecule has 49 heavy (non-hydrogen) atoms. The molecule has 3 amide bonds. The number of hydrogen-bond acceptors (Lipinski definition) is 4. The van der Waals surface area contributed by atoms with Gasteiger partial charge in [-0.15, -0.1) is 0 Å². The Hall–Kier alpha value is -5.02. The summed E-state index contributed by atoms with van der Waals surface area (Å²) in [6.45, 7) is -3.98. The monoisotopic (exact) mass is 728 g/mol. The first kappa shape index (κ1) is 38.4. The molecule has 0 aliphatic rings. The Labute approximate surface area is 262 Å². The summed E-state index contributed by atoms with van der Waals surface area (Å²) in [5.41, 5.74) is -5.69. The lowest BCUT2D eigenvalue weighted by atomic mass is 10.1. The van der Waals surface area contributed by atoms with Gasteiger partial charge in [-0.3, -0.25) is 19.3 Å². The van der Waals surface area contributed by atoms with Crippen molar-refractivity contribution in [1.82, 2.24) is 20.9 Å². The van der Waals surface area contributed by atoms with Crippen molar-refractivity contribution in [3.63, 3.8) is 0 Å². The third-order valence-electron chi connectivity index (χ3n) is 6.45. The fraction of sp³-hybridized carbons (Fsp3) is 0.222. The summed E-state index contributed by atoms with van der Waals surface area (Å²) < 4.78 is 204. The maximum Gasteiger partial charge on any atom is 0.257 e. The summed E-state index contributed by atoms with van der Waals surface area (Å²) in [5.74, 6) is -43.0. The molecule has 0 saturated heterocycles. The van der Waals surface area contributed by atoms with Gasteiger partial charge in [0.25, 0.3) is 17.7 Å². The van der Waals surface area contributed by atoms with E-state index in [2.05, 4.69) is 0 Å². The highest BCUT2D eigenvalue weighted by Crippen LogP contribution is 2.25. The molecule has 0 fully saturated rings. The van der Waals surface area contributed by atoms with E-state index in [0.717, 1.165) is 4.90 Å². The Morgan fingerprint density at radius 1 is 0.327 bits per heavy atom. The van der Waals surface area contributed by atoms with Crippen molar-refractivity contribution >= 4 is 17.7 Å². The summed E-state index contributed by atoms with van der Waals surface area (Å²) in [5, 5.41) is 5.32. The predicted molar refractivity (Wildman–Crippen MR) is 132 cm³/mol. The van der Waals surface area contributed by atoms with Gasteiger partial charge in [-0.25, -0.2) is 65.9 Å². The zero-order chi connectivity index (χ0) is 37.1. The quantitative estimate of drug-likeness (QED) is 0.144. The van der Waals surface area contributed by atoms with Gasteiger partial charge in [0.05, 0.1) is 0 Å². The molecule has 3 N–H and O–H groups in total. The zero-order valence-electron chi connectivity index (χ0n) is 23.6. The Morgan fingerprint density at radius 2 is 0.490 bits per heavy atom. The highest BCUT2D eigenvalue weighted by Gasteiger charge is 2.32. The van der Waals surface area contributed by atoms with E-state index in [4.69, 9.17) is 0 Å². The van der Waals surface area contributed by atoms with Gasteiger partial charge in [0.1, 0.15) is 16.7 Å². The molecular weight excluding hydrogens is 713 g/mol. The van der Waals surface area contributed by atoms with Crippen LogP contribution in [0.4, 0.5) is 65.9 Å². The van der Waals surface area contributed by atoms with Gasteiger partial charge < -0.3 is 16.0 Å². The van der Waals surface area contributed by atoms with Crippen LogP contribution >= 0.6 is 0 Å². The van der Waals surface area contributed by atoms with Gasteiger partial charge in [0.2, 0.25) is 17.5 Å². The lowest BCUT2D eigenvalue weighted by molar-refractivity contribution is 0.0936. The minimum absolute atomic E-state index is 0.571. The second kappa shape index (κ2) is 15.5. The Balaban J connectivity index is 1.75. The topological polar surface area (TPSA) is 90.5 Å². The Morgan fingerprint density at radius 3 is 0.673 bits per heavy atom. The third-order valence-corrected chi connectivity index (χ3v) is 6.45. The van der Waals surface area contributed by atoms with E-state index in [-0.39, 0.29) is 0 Å². The minimum atomic E-state index is -2.57. The number of carbonyl (C=O) groups excluding carboxylic acids is 3. The smallest absolute Gasteiger partial charge is 0.257 e. The van der Waals surface area contributed by atoms with Crippen molar-refractivity contribution < 1.29 is 80.2 Å². The van der Waals surface area contributed by atoms with Crippen LogP contribution in [0.15, 0.2) is 0 Å². The number of nitrogens with zero attached hydrogens (tertiary/aromatic N) is 1. The maximum absolute atomic E-state index is 13.9. The molecule has 0 spiro atoms. The van der Waals surface area contributed by atoms with Crippen LogP contribution < -0.4 is 16.0 Å². The maximum atomic E-state index is 13.9. The first-order valence-electron chi connectivity index (χ1n) is 13.0. The first-order chi connectivity index (χ1) is 22.8. The van der Waals surface area contributed by atoms with E-state index in [1.54, 1.807) is 16.0 Å². The summed E-state index contributed by atoms with van der Waals surface area (Å²) in [6, 6.07) is 0. The minimum Gasteiger partial charge on any atom is -0.351 e. The molecule has 0 aliphatic carbocycles. The molecule has 3 rings (SSSR count). The van der Waals surface area contributed by atoms with Gasteiger partial charge in [-0.05, 0) is 0 Å². The van der Waals surface area contributed by atoms with Crippen LogP contribution in [0.25, 0.3) is 0 Å². The van der Waals surface area contributed by atoms with Crippen LogP contribution in [0.5, 0.6) is 0 Å². The number of amides is 3. The van der Waals surface area contributed by atoms with Crippen LogP contribution in [0.1, 0.15) is 31.1 Å². The standard InChI is InChI=1S/C27H15F15N4O3/c28-10-7(11(29)17(35)22(40)16(10)34)25(47)43-1-4-46(5-2-44-26(48)8-12(30)18(36)23(41)19(37)13(8)31)6-3-45-27(49)9-14(32)20(38)24(42)21(39)15(9)33/h1-6H2,(H,43,47)(H,44,48)(H,45,49). The molecule has 7 nitrogen and oxygen atoms in total. The molecule has 0 unspecified atom stereocenters. The lowest BCUT2D eigenvalue weighted by Gasteiger charge is -2.23. The average molecular weight is 728 g/mol. The molecule has 0 saturated carbocycles. The summed E-state index contributed by atoms with van der Waals surface area (Å²) in [4.78, 5) is 37.6. The number of rotatable bonds is 12. The van der Waals surface area contributed by atoms with Gasteiger partial charge in [0.15, 0.2) is 69.8 Å². The van der Waals surface area contributed by atoms with E-state index >= 15 is 0 Å².